The van der Waals surface area contributed by atoms with Crippen molar-refractivity contribution in [2.24, 2.45) is 0 Å². The van der Waals surface area contributed by atoms with E-state index in [0.29, 0.717) is 0 Å². The summed E-state index contributed by atoms with van der Waals surface area (Å²) in [4.78, 5) is 19.0. The zero-order chi connectivity index (χ0) is 12.8. The van der Waals surface area contributed by atoms with Crippen molar-refractivity contribution in [2.45, 2.75) is 51.9 Å². The number of hydrogen-bond donors (Lipinski definition) is 0. The van der Waals surface area contributed by atoms with Crippen LogP contribution in [-0.2, 0) is 9.59 Å². The fraction of sp³-hybridized carbons (Fsp3) is 0.667. The van der Waals surface area contributed by atoms with Gasteiger partial charge in [0.1, 0.15) is 0 Å². The van der Waals surface area contributed by atoms with Crippen molar-refractivity contribution in [1.29, 1.82) is 0 Å². The van der Waals surface area contributed by atoms with Crippen LogP contribution < -0.4 is 69.3 Å². The number of aliphatic carboxylic acids is 2. The van der Waals surface area contributed by atoms with Crippen molar-refractivity contribution in [2.75, 3.05) is 0 Å². The van der Waals surface area contributed by atoms with Gasteiger partial charge >= 0.3 is 59.1 Å². The van der Waals surface area contributed by atoms with Crippen LogP contribution in [0.25, 0.3) is 0 Å². The topological polar surface area (TPSA) is 80.3 Å². The van der Waals surface area contributed by atoms with Crippen LogP contribution >= 0.6 is 0 Å². The molecule has 0 radical (unpaired) electrons. The molecule has 0 heterocycles. The number of carbonyl (C=O) groups is 2. The average molecular weight is 274 g/mol. The second-order valence-corrected chi connectivity index (χ2v) is 3.38. The number of carboxylic acid groups (broad SMARTS) is 2. The summed E-state index contributed by atoms with van der Waals surface area (Å²) < 4.78 is 0. The Bertz CT molecular complexity index is 194. The number of carbonyl (C=O) groups excluding carboxylic acids is 2. The van der Waals surface area contributed by atoms with Gasteiger partial charge in [-0.15, -0.1) is 6.58 Å². The van der Waals surface area contributed by atoms with Crippen LogP contribution in [0.3, 0.4) is 0 Å². The molecule has 0 rings (SSSR count). The van der Waals surface area contributed by atoms with Crippen LogP contribution in [-0.4, -0.2) is 11.9 Å². The van der Waals surface area contributed by atoms with E-state index < -0.39 is 24.8 Å². The Morgan fingerprint density at radius 1 is 1.00 bits per heavy atom. The summed E-state index contributed by atoms with van der Waals surface area (Å²) in [6.45, 7) is 5.89. The third kappa shape index (κ3) is 36.0. The van der Waals surface area contributed by atoms with Crippen LogP contribution in [0.1, 0.15) is 51.9 Å². The molecule has 0 saturated heterocycles. The fourth-order valence-corrected chi connectivity index (χ4v) is 0.920. The van der Waals surface area contributed by atoms with E-state index in [1.165, 1.54) is 32.1 Å². The van der Waals surface area contributed by atoms with Gasteiger partial charge in [-0.25, -0.2) is 0 Å². The smallest absolute Gasteiger partial charge is 0.550 e. The van der Waals surface area contributed by atoms with Gasteiger partial charge in [0.25, 0.3) is 0 Å². The molecule has 0 fully saturated rings. The molecule has 0 aromatic rings. The van der Waals surface area contributed by atoms with E-state index >= 15 is 0 Å². The first-order valence-electron chi connectivity index (χ1n) is 5.55. The minimum Gasteiger partial charge on any atom is -0.550 e. The van der Waals surface area contributed by atoms with Crippen LogP contribution in [0, 0.1) is 0 Å². The normalized spacial score (nSPS) is 7.83. The van der Waals surface area contributed by atoms with E-state index in [4.69, 9.17) is 0 Å². The van der Waals surface area contributed by atoms with Gasteiger partial charge in [0.2, 0.25) is 0 Å². The molecule has 0 bridgehead atoms. The summed E-state index contributed by atoms with van der Waals surface area (Å²) in [5.74, 6) is -2.73. The second-order valence-electron chi connectivity index (χ2n) is 3.38. The summed E-state index contributed by atoms with van der Waals surface area (Å²) in [7, 11) is 0. The Labute approximate surface area is 154 Å². The first-order valence-corrected chi connectivity index (χ1v) is 5.55. The van der Waals surface area contributed by atoms with Gasteiger partial charge in [-0.3, -0.25) is 0 Å². The number of hydrogen-bond acceptors (Lipinski definition) is 4. The van der Waals surface area contributed by atoms with Crippen molar-refractivity contribution in [3.63, 3.8) is 0 Å². The monoisotopic (exact) mass is 274 g/mol. The summed E-state index contributed by atoms with van der Waals surface area (Å²) >= 11 is 0. The molecule has 94 valence electrons. The SMILES string of the molecule is C=CCCCCCC.O=C([O-])CCC(=O)[O-].[Na+].[Na+]. The molecule has 0 saturated carbocycles. The summed E-state index contributed by atoms with van der Waals surface area (Å²) in [5.41, 5.74) is 0. The van der Waals surface area contributed by atoms with Gasteiger partial charge in [0, 0.05) is 11.9 Å². The zero-order valence-electron chi connectivity index (χ0n) is 11.9. The molecule has 0 aliphatic heterocycles. The molecule has 0 aromatic carbocycles. The third-order valence-corrected chi connectivity index (χ3v) is 1.80. The molecule has 0 atom stereocenters. The second kappa shape index (κ2) is 22.8. The maximum absolute atomic E-state index is 9.50. The van der Waals surface area contributed by atoms with Crippen LogP contribution in [0.15, 0.2) is 12.7 Å². The molecule has 18 heavy (non-hydrogen) atoms. The Balaban J connectivity index is -0.0000000980. The molecule has 0 aromatic heterocycles. The minimum atomic E-state index is -1.37. The predicted octanol–water partition coefficient (Wildman–Crippen LogP) is -5.58. The van der Waals surface area contributed by atoms with E-state index in [9.17, 15) is 19.8 Å². The van der Waals surface area contributed by atoms with E-state index in [0.717, 1.165) is 0 Å². The van der Waals surface area contributed by atoms with Gasteiger partial charge in [-0.1, -0.05) is 32.3 Å². The standard InChI is InChI=1S/C8H16.C4H6O4.2Na/c1-3-5-7-8-6-4-2;5-3(6)1-2-4(7)8;;/h3H,1,4-8H2,2H3;1-2H2,(H,5,6)(H,7,8);;/q;;2*+1/p-2. The number of rotatable bonds is 8. The summed E-state index contributed by atoms with van der Waals surface area (Å²) in [5, 5.41) is 19.0. The van der Waals surface area contributed by atoms with Crippen molar-refractivity contribution in [1.82, 2.24) is 0 Å². The molecule has 0 aliphatic carbocycles. The van der Waals surface area contributed by atoms with E-state index in [1.807, 2.05) is 6.08 Å². The van der Waals surface area contributed by atoms with Gasteiger partial charge in [0.15, 0.2) is 0 Å². The van der Waals surface area contributed by atoms with E-state index in [-0.39, 0.29) is 59.1 Å². The average Bonchev–Trinajstić information content (AvgIpc) is 2.23. The van der Waals surface area contributed by atoms with Crippen molar-refractivity contribution in [3.8, 4) is 0 Å². The van der Waals surface area contributed by atoms with E-state index in [2.05, 4.69) is 13.5 Å². The van der Waals surface area contributed by atoms with Gasteiger partial charge in [-0.2, -0.15) is 0 Å². The maximum atomic E-state index is 9.50. The zero-order valence-corrected chi connectivity index (χ0v) is 15.9. The van der Waals surface area contributed by atoms with Crippen molar-refractivity contribution in [3.05, 3.63) is 12.7 Å². The summed E-state index contributed by atoms with van der Waals surface area (Å²) in [6.07, 6.45) is 7.67. The van der Waals surface area contributed by atoms with Gasteiger partial charge in [0.05, 0.1) is 0 Å². The maximum Gasteiger partial charge on any atom is 1.00 e. The first kappa shape index (κ1) is 27.1. The molecule has 6 heteroatoms. The third-order valence-electron chi connectivity index (χ3n) is 1.80. The number of allylic oxidation sites excluding steroid dienone is 1. The fourth-order valence-electron chi connectivity index (χ4n) is 0.920. The Kier molecular flexibility index (Phi) is 34.4. The predicted molar refractivity (Wildman–Crippen MR) is 58.2 cm³/mol. The molecule has 0 N–H and O–H groups in total. The molecule has 0 unspecified atom stereocenters. The molecule has 4 nitrogen and oxygen atoms in total. The van der Waals surface area contributed by atoms with Crippen LogP contribution in [0.2, 0.25) is 0 Å². The van der Waals surface area contributed by atoms with Crippen LogP contribution in [0.4, 0.5) is 0 Å². The first-order chi connectivity index (χ1) is 7.54. The molecule has 0 aliphatic rings. The quantitative estimate of drug-likeness (QED) is 0.251. The molecular weight excluding hydrogens is 254 g/mol. The minimum absolute atomic E-state index is 0. The largest absolute Gasteiger partial charge is 1.00 e. The van der Waals surface area contributed by atoms with Gasteiger partial charge in [-0.05, 0) is 25.7 Å². The van der Waals surface area contributed by atoms with Crippen molar-refractivity contribution < 1.29 is 78.9 Å². The number of carboxylic acids is 2. The molecule has 0 spiro atoms. The van der Waals surface area contributed by atoms with Gasteiger partial charge < -0.3 is 19.8 Å². The Morgan fingerprint density at radius 3 is 1.72 bits per heavy atom. The van der Waals surface area contributed by atoms with E-state index in [1.54, 1.807) is 0 Å². The summed E-state index contributed by atoms with van der Waals surface area (Å²) in [6, 6.07) is 0. The molecule has 0 amide bonds. The number of unbranched alkanes of at least 4 members (excludes halogenated alkanes) is 4. The molecular formula is C12H20Na2O4. The Hall–Kier alpha value is 0.680. The van der Waals surface area contributed by atoms with Crippen LogP contribution in [0.5, 0.6) is 0 Å². The van der Waals surface area contributed by atoms with Crippen molar-refractivity contribution >= 4 is 11.9 Å². The Morgan fingerprint density at radius 2 is 1.44 bits per heavy atom.